The predicted molar refractivity (Wildman–Crippen MR) is 88.1 cm³/mol. The average Bonchev–Trinajstić information content (AvgIpc) is 2.71. The Morgan fingerprint density at radius 1 is 1.00 bits per heavy atom. The molecule has 3 nitrogen and oxygen atoms in total. The van der Waals surface area contributed by atoms with E-state index in [0.29, 0.717) is 17.8 Å². The molecule has 0 amide bonds. The summed E-state index contributed by atoms with van der Waals surface area (Å²) in [6.07, 6.45) is 6.80. The van der Waals surface area contributed by atoms with Crippen LogP contribution in [0.15, 0.2) is 0 Å². The van der Waals surface area contributed by atoms with Crippen LogP contribution in [0.2, 0.25) is 0 Å². The van der Waals surface area contributed by atoms with Gasteiger partial charge in [0.25, 0.3) is 0 Å². The lowest BCUT2D eigenvalue weighted by atomic mass is 9.51. The summed E-state index contributed by atoms with van der Waals surface area (Å²) in [4.78, 5) is 0. The van der Waals surface area contributed by atoms with Crippen molar-refractivity contribution < 1.29 is 14.6 Å². The molecule has 130 valence electrons. The molecule has 23 heavy (non-hydrogen) atoms. The van der Waals surface area contributed by atoms with Gasteiger partial charge in [-0.2, -0.15) is 0 Å². The third-order valence-corrected chi connectivity index (χ3v) is 9.17. The lowest BCUT2D eigenvalue weighted by Crippen LogP contribution is -2.75. The summed E-state index contributed by atoms with van der Waals surface area (Å²) in [6.45, 7) is 11.4. The van der Waals surface area contributed by atoms with Crippen LogP contribution >= 0.6 is 0 Å². The molecule has 3 unspecified atom stereocenters. The summed E-state index contributed by atoms with van der Waals surface area (Å²) in [5.41, 5.74) is -0.568. The zero-order chi connectivity index (χ0) is 16.5. The highest BCUT2D eigenvalue weighted by molar-refractivity contribution is 5.31. The van der Waals surface area contributed by atoms with Crippen LogP contribution in [0.1, 0.15) is 73.1 Å². The van der Waals surface area contributed by atoms with E-state index in [1.54, 1.807) is 0 Å². The molecule has 3 heteroatoms. The van der Waals surface area contributed by atoms with E-state index >= 15 is 0 Å². The van der Waals surface area contributed by atoms with E-state index in [1.807, 2.05) is 0 Å². The molecule has 5 aliphatic rings. The maximum atomic E-state index is 11.5. The van der Waals surface area contributed by atoms with Gasteiger partial charge >= 0.3 is 0 Å². The van der Waals surface area contributed by atoms with E-state index in [4.69, 9.17) is 9.47 Å². The lowest BCUT2D eigenvalue weighted by molar-refractivity contribution is -0.360. The zero-order valence-electron chi connectivity index (χ0n) is 15.3. The minimum atomic E-state index is -0.531. The van der Waals surface area contributed by atoms with Crippen molar-refractivity contribution in [3.63, 3.8) is 0 Å². The molecule has 0 radical (unpaired) electrons. The van der Waals surface area contributed by atoms with Crippen LogP contribution in [0, 0.1) is 23.2 Å². The second-order valence-corrected chi connectivity index (χ2v) is 10.4. The van der Waals surface area contributed by atoms with Gasteiger partial charge < -0.3 is 14.6 Å². The van der Waals surface area contributed by atoms with Crippen LogP contribution in [0.4, 0.5) is 0 Å². The van der Waals surface area contributed by atoms with Crippen LogP contribution in [-0.2, 0) is 9.47 Å². The maximum absolute atomic E-state index is 11.5. The van der Waals surface area contributed by atoms with Gasteiger partial charge in [0.2, 0.25) is 0 Å². The minimum absolute atomic E-state index is 0.0196. The molecule has 1 N–H and O–H groups in total. The van der Waals surface area contributed by atoms with Crippen LogP contribution in [0.3, 0.4) is 0 Å². The molecule has 5 rings (SSSR count). The quantitative estimate of drug-likeness (QED) is 0.801. The number of hydrogen-bond donors (Lipinski definition) is 1. The van der Waals surface area contributed by atoms with Gasteiger partial charge in [0.05, 0.1) is 17.3 Å². The molecule has 3 aliphatic heterocycles. The molecule has 5 fully saturated rings. The van der Waals surface area contributed by atoms with Gasteiger partial charge in [0.1, 0.15) is 11.2 Å². The smallest absolute Gasteiger partial charge is 0.121 e. The molecule has 1 spiro atoms. The Morgan fingerprint density at radius 2 is 1.74 bits per heavy atom. The van der Waals surface area contributed by atoms with E-state index < -0.39 is 5.60 Å². The highest BCUT2D eigenvalue weighted by Crippen LogP contribution is 2.75. The predicted octanol–water partition coefficient (Wildman–Crippen LogP) is 3.68. The lowest BCUT2D eigenvalue weighted by Gasteiger charge is -2.64. The fraction of sp³-hybridized carbons (Fsp3) is 1.00. The maximum Gasteiger partial charge on any atom is 0.121 e. The standard InChI is InChI=1S/C20H32O3/c1-12(2)19(21)9-8-16(3)10-14-17(4)7-6-15-18(5,23-17)20(14,22-15)11-13(16)19/h12-15,21H,6-11H2,1-5H3/t13?,14?,15?,16-,17+,18-,19-,20-/m1/s1. The van der Waals surface area contributed by atoms with E-state index in [1.165, 1.54) is 0 Å². The SMILES string of the molecule is CC(C)[C@]1(O)CC[C@]2(C)CC3[C@]4(C)CCC5O[C@@]3(CC21)[C@]5(C)O4. The van der Waals surface area contributed by atoms with Crippen molar-refractivity contribution in [1.29, 1.82) is 0 Å². The molecule has 2 bridgehead atoms. The molecular weight excluding hydrogens is 288 g/mol. The van der Waals surface area contributed by atoms with E-state index in [2.05, 4.69) is 34.6 Å². The molecule has 0 aromatic carbocycles. The summed E-state index contributed by atoms with van der Waals surface area (Å²) >= 11 is 0. The number of ether oxygens (including phenoxy) is 2. The Kier molecular flexibility index (Phi) is 2.53. The first kappa shape index (κ1) is 15.2. The van der Waals surface area contributed by atoms with Crippen LogP contribution < -0.4 is 0 Å². The van der Waals surface area contributed by atoms with Gasteiger partial charge in [-0.05, 0) is 69.6 Å². The van der Waals surface area contributed by atoms with Crippen LogP contribution in [-0.4, -0.2) is 33.6 Å². The van der Waals surface area contributed by atoms with Crippen molar-refractivity contribution in [1.82, 2.24) is 0 Å². The molecule has 0 aromatic rings. The number of aliphatic hydroxyl groups is 1. The third kappa shape index (κ3) is 1.39. The van der Waals surface area contributed by atoms with Crippen molar-refractivity contribution in [2.75, 3.05) is 0 Å². The molecular formula is C20H32O3. The number of fused-ring (bicyclic) bond motifs is 3. The molecule has 8 atom stereocenters. The summed E-state index contributed by atoms with van der Waals surface area (Å²) in [7, 11) is 0. The topological polar surface area (TPSA) is 38.7 Å². The fourth-order valence-corrected chi connectivity index (χ4v) is 7.64. The second-order valence-electron chi connectivity index (χ2n) is 10.4. The first-order valence-electron chi connectivity index (χ1n) is 9.70. The first-order valence-corrected chi connectivity index (χ1v) is 9.70. The Hall–Kier alpha value is -0.120. The Labute approximate surface area is 140 Å². The Bertz CT molecular complexity index is 575. The van der Waals surface area contributed by atoms with Crippen molar-refractivity contribution >= 4 is 0 Å². The largest absolute Gasteiger partial charge is 0.389 e. The van der Waals surface area contributed by atoms with Gasteiger partial charge in [-0.25, -0.2) is 0 Å². The van der Waals surface area contributed by atoms with Crippen molar-refractivity contribution in [2.45, 2.75) is 102 Å². The highest BCUT2D eigenvalue weighted by Gasteiger charge is 2.83. The van der Waals surface area contributed by atoms with E-state index in [0.717, 1.165) is 38.5 Å². The van der Waals surface area contributed by atoms with Crippen molar-refractivity contribution in [3.05, 3.63) is 0 Å². The second kappa shape index (κ2) is 3.83. The van der Waals surface area contributed by atoms with Crippen LogP contribution in [0.5, 0.6) is 0 Å². The van der Waals surface area contributed by atoms with Gasteiger partial charge in [-0.3, -0.25) is 0 Å². The molecule has 3 heterocycles. The number of rotatable bonds is 1. The molecule has 2 saturated carbocycles. The average molecular weight is 320 g/mol. The normalized spacial score (nSPS) is 66.1. The fourth-order valence-electron chi connectivity index (χ4n) is 7.64. The van der Waals surface area contributed by atoms with Crippen molar-refractivity contribution in [3.8, 4) is 0 Å². The summed E-state index contributed by atoms with van der Waals surface area (Å²) in [5.74, 6) is 1.15. The van der Waals surface area contributed by atoms with E-state index in [-0.39, 0.29) is 28.3 Å². The summed E-state index contributed by atoms with van der Waals surface area (Å²) < 4.78 is 13.3. The number of hydrogen-bond acceptors (Lipinski definition) is 3. The molecule has 0 aromatic heterocycles. The summed E-state index contributed by atoms with van der Waals surface area (Å²) in [5, 5.41) is 11.5. The van der Waals surface area contributed by atoms with E-state index in [9.17, 15) is 5.11 Å². The minimum Gasteiger partial charge on any atom is -0.389 e. The van der Waals surface area contributed by atoms with Crippen molar-refractivity contribution in [2.24, 2.45) is 23.2 Å². The van der Waals surface area contributed by atoms with Gasteiger partial charge in [-0.1, -0.05) is 20.8 Å². The zero-order valence-corrected chi connectivity index (χ0v) is 15.3. The third-order valence-electron chi connectivity index (χ3n) is 9.17. The monoisotopic (exact) mass is 320 g/mol. The summed E-state index contributed by atoms with van der Waals surface area (Å²) in [6, 6.07) is 0. The van der Waals surface area contributed by atoms with Crippen LogP contribution in [0.25, 0.3) is 0 Å². The Balaban J connectivity index is 1.61. The van der Waals surface area contributed by atoms with Gasteiger partial charge in [0.15, 0.2) is 0 Å². The Morgan fingerprint density at radius 3 is 2.43 bits per heavy atom. The molecule has 2 aliphatic carbocycles. The van der Waals surface area contributed by atoms with Gasteiger partial charge in [-0.15, -0.1) is 0 Å². The molecule has 3 saturated heterocycles. The first-order chi connectivity index (χ1) is 10.6. The highest BCUT2D eigenvalue weighted by atomic mass is 16.7. The van der Waals surface area contributed by atoms with Gasteiger partial charge in [0, 0.05) is 5.92 Å².